The Bertz CT molecular complexity index is 669. The Balaban J connectivity index is 2.09. The van der Waals surface area contributed by atoms with E-state index in [1.54, 1.807) is 6.92 Å². The standard InChI is InChI=1S/C16H19N3O2/c1-10(18-11(2)15(20)19-16(17)21)13-8-7-12-5-3-4-6-14(12)9-13/h3-11,18H,1-2H3,(H3,17,19,20,21)/t10-,11+/m1/s1. The predicted octanol–water partition coefficient (Wildman–Crippen LogP) is 2.07. The molecule has 21 heavy (non-hydrogen) atoms. The summed E-state index contributed by atoms with van der Waals surface area (Å²) >= 11 is 0. The quantitative estimate of drug-likeness (QED) is 0.804. The third-order valence-corrected chi connectivity index (χ3v) is 3.41. The van der Waals surface area contributed by atoms with Crippen LogP contribution >= 0.6 is 0 Å². The maximum absolute atomic E-state index is 11.7. The fourth-order valence-corrected chi connectivity index (χ4v) is 2.25. The summed E-state index contributed by atoms with van der Waals surface area (Å²) in [6, 6.07) is 12.9. The normalized spacial score (nSPS) is 13.6. The first-order valence-electron chi connectivity index (χ1n) is 6.82. The molecule has 0 unspecified atom stereocenters. The number of carbonyl (C=O) groups is 2. The summed E-state index contributed by atoms with van der Waals surface area (Å²) < 4.78 is 0. The maximum Gasteiger partial charge on any atom is 0.318 e. The minimum absolute atomic E-state index is 0.0248. The van der Waals surface area contributed by atoms with Gasteiger partial charge in [-0.05, 0) is 36.2 Å². The lowest BCUT2D eigenvalue weighted by Gasteiger charge is -2.19. The van der Waals surface area contributed by atoms with E-state index in [1.807, 2.05) is 25.1 Å². The van der Waals surface area contributed by atoms with Crippen molar-refractivity contribution in [3.63, 3.8) is 0 Å². The fourth-order valence-electron chi connectivity index (χ4n) is 2.25. The van der Waals surface area contributed by atoms with Crippen LogP contribution in [-0.4, -0.2) is 18.0 Å². The van der Waals surface area contributed by atoms with Crippen molar-refractivity contribution in [2.45, 2.75) is 25.9 Å². The second-order valence-electron chi connectivity index (χ2n) is 5.07. The van der Waals surface area contributed by atoms with Crippen LogP contribution in [0.2, 0.25) is 0 Å². The average molecular weight is 285 g/mol. The lowest BCUT2D eigenvalue weighted by Crippen LogP contribution is -2.47. The molecule has 0 aromatic heterocycles. The number of fused-ring (bicyclic) bond motifs is 1. The highest BCUT2D eigenvalue weighted by molar-refractivity contribution is 5.96. The number of nitrogens with two attached hydrogens (primary N) is 1. The van der Waals surface area contributed by atoms with Gasteiger partial charge in [0.1, 0.15) is 0 Å². The Labute approximate surface area is 123 Å². The molecule has 3 amide bonds. The van der Waals surface area contributed by atoms with Crippen LogP contribution in [-0.2, 0) is 4.79 Å². The third-order valence-electron chi connectivity index (χ3n) is 3.41. The van der Waals surface area contributed by atoms with E-state index in [-0.39, 0.29) is 6.04 Å². The van der Waals surface area contributed by atoms with E-state index >= 15 is 0 Å². The number of amides is 3. The molecule has 0 fully saturated rings. The maximum atomic E-state index is 11.7. The molecule has 0 aliphatic heterocycles. The van der Waals surface area contributed by atoms with E-state index in [0.29, 0.717) is 0 Å². The number of nitrogens with one attached hydrogen (secondary N) is 2. The molecule has 0 aliphatic carbocycles. The molecule has 0 radical (unpaired) electrons. The van der Waals surface area contributed by atoms with Gasteiger partial charge in [0.2, 0.25) is 5.91 Å². The highest BCUT2D eigenvalue weighted by atomic mass is 16.2. The van der Waals surface area contributed by atoms with Crippen LogP contribution in [0.4, 0.5) is 4.79 Å². The van der Waals surface area contributed by atoms with E-state index in [9.17, 15) is 9.59 Å². The predicted molar refractivity (Wildman–Crippen MR) is 82.7 cm³/mol. The Morgan fingerprint density at radius 3 is 2.38 bits per heavy atom. The van der Waals surface area contributed by atoms with E-state index in [0.717, 1.165) is 10.9 Å². The second kappa shape index (κ2) is 6.37. The number of imide groups is 1. The van der Waals surface area contributed by atoms with Crippen molar-refractivity contribution in [1.82, 2.24) is 10.6 Å². The largest absolute Gasteiger partial charge is 0.351 e. The number of benzene rings is 2. The van der Waals surface area contributed by atoms with Gasteiger partial charge in [0.15, 0.2) is 0 Å². The van der Waals surface area contributed by atoms with Crippen LogP contribution in [0.3, 0.4) is 0 Å². The van der Waals surface area contributed by atoms with E-state index in [1.165, 1.54) is 5.39 Å². The summed E-state index contributed by atoms with van der Waals surface area (Å²) in [4.78, 5) is 22.3. The van der Waals surface area contributed by atoms with Gasteiger partial charge < -0.3 is 5.73 Å². The van der Waals surface area contributed by atoms with Crippen LogP contribution in [0.1, 0.15) is 25.5 Å². The van der Waals surface area contributed by atoms with E-state index in [2.05, 4.69) is 34.9 Å². The monoisotopic (exact) mass is 285 g/mol. The molecule has 5 nitrogen and oxygen atoms in total. The highest BCUT2D eigenvalue weighted by Gasteiger charge is 2.17. The van der Waals surface area contributed by atoms with Gasteiger partial charge in [-0.15, -0.1) is 0 Å². The summed E-state index contributed by atoms with van der Waals surface area (Å²) in [6.45, 7) is 3.66. The van der Waals surface area contributed by atoms with Gasteiger partial charge in [0, 0.05) is 6.04 Å². The van der Waals surface area contributed by atoms with Crippen LogP contribution in [0.15, 0.2) is 42.5 Å². The van der Waals surface area contributed by atoms with Crippen molar-refractivity contribution in [3.05, 3.63) is 48.0 Å². The van der Waals surface area contributed by atoms with E-state index < -0.39 is 18.0 Å². The molecule has 0 heterocycles. The smallest absolute Gasteiger partial charge is 0.318 e. The van der Waals surface area contributed by atoms with Gasteiger partial charge in [-0.1, -0.05) is 36.4 Å². The molecule has 0 saturated carbocycles. The van der Waals surface area contributed by atoms with E-state index in [4.69, 9.17) is 5.73 Å². The number of hydrogen-bond donors (Lipinski definition) is 3. The Morgan fingerprint density at radius 1 is 1.05 bits per heavy atom. The molecule has 4 N–H and O–H groups in total. The minimum atomic E-state index is -0.841. The van der Waals surface area contributed by atoms with Gasteiger partial charge in [-0.3, -0.25) is 15.4 Å². The Kier molecular flexibility index (Phi) is 4.55. The van der Waals surface area contributed by atoms with Crippen molar-refractivity contribution in [3.8, 4) is 0 Å². The molecule has 2 aromatic carbocycles. The molecule has 0 saturated heterocycles. The zero-order valence-corrected chi connectivity index (χ0v) is 12.1. The summed E-state index contributed by atoms with van der Waals surface area (Å²) in [5, 5.41) is 7.54. The molecule has 0 spiro atoms. The van der Waals surface area contributed by atoms with Crippen LogP contribution in [0.25, 0.3) is 10.8 Å². The summed E-state index contributed by atoms with van der Waals surface area (Å²) in [6.07, 6.45) is 0. The fraction of sp³-hybridized carbons (Fsp3) is 0.250. The highest BCUT2D eigenvalue weighted by Crippen LogP contribution is 2.20. The molecule has 0 aliphatic rings. The average Bonchev–Trinajstić information content (AvgIpc) is 2.45. The first-order chi connectivity index (χ1) is 9.97. The van der Waals surface area contributed by atoms with Gasteiger partial charge in [-0.2, -0.15) is 0 Å². The zero-order valence-electron chi connectivity index (χ0n) is 12.1. The van der Waals surface area contributed by atoms with Crippen LogP contribution in [0, 0.1) is 0 Å². The van der Waals surface area contributed by atoms with Gasteiger partial charge in [0.25, 0.3) is 0 Å². The Hall–Kier alpha value is -2.40. The summed E-state index contributed by atoms with van der Waals surface area (Å²) in [5.74, 6) is -0.435. The second-order valence-corrected chi connectivity index (χ2v) is 5.07. The molecule has 2 atom stereocenters. The lowest BCUT2D eigenvalue weighted by atomic mass is 10.0. The number of urea groups is 1. The van der Waals surface area contributed by atoms with Gasteiger partial charge in [0.05, 0.1) is 6.04 Å². The number of rotatable bonds is 4. The van der Waals surface area contributed by atoms with Gasteiger partial charge >= 0.3 is 6.03 Å². The molecular weight excluding hydrogens is 266 g/mol. The molecular formula is C16H19N3O2. The van der Waals surface area contributed by atoms with Crippen LogP contribution < -0.4 is 16.4 Å². The first-order valence-corrected chi connectivity index (χ1v) is 6.82. The first kappa shape index (κ1) is 15.0. The molecule has 2 aromatic rings. The lowest BCUT2D eigenvalue weighted by molar-refractivity contribution is -0.121. The third kappa shape index (κ3) is 3.79. The Morgan fingerprint density at radius 2 is 1.71 bits per heavy atom. The summed E-state index contributed by atoms with van der Waals surface area (Å²) in [5.41, 5.74) is 6.01. The minimum Gasteiger partial charge on any atom is -0.351 e. The van der Waals surface area contributed by atoms with Crippen molar-refractivity contribution in [2.75, 3.05) is 0 Å². The molecule has 0 bridgehead atoms. The summed E-state index contributed by atoms with van der Waals surface area (Å²) in [7, 11) is 0. The SMILES string of the molecule is C[C@H](N[C@H](C)c1ccc2ccccc2c1)C(=O)NC(N)=O. The van der Waals surface area contributed by atoms with Gasteiger partial charge in [-0.25, -0.2) is 4.79 Å². The number of primary amides is 1. The zero-order chi connectivity index (χ0) is 15.4. The molecule has 5 heteroatoms. The molecule has 110 valence electrons. The van der Waals surface area contributed by atoms with Crippen LogP contribution in [0.5, 0.6) is 0 Å². The molecule has 2 rings (SSSR count). The van der Waals surface area contributed by atoms with Crippen molar-refractivity contribution in [1.29, 1.82) is 0 Å². The van der Waals surface area contributed by atoms with Crippen molar-refractivity contribution < 1.29 is 9.59 Å². The topological polar surface area (TPSA) is 84.2 Å². The van der Waals surface area contributed by atoms with Crippen molar-refractivity contribution >= 4 is 22.7 Å². The number of carbonyl (C=O) groups excluding carboxylic acids is 2. The number of hydrogen-bond acceptors (Lipinski definition) is 3. The van der Waals surface area contributed by atoms with Crippen molar-refractivity contribution in [2.24, 2.45) is 5.73 Å².